The van der Waals surface area contributed by atoms with E-state index < -0.39 is 15.9 Å². The van der Waals surface area contributed by atoms with Crippen molar-refractivity contribution in [3.05, 3.63) is 65.2 Å². The topological polar surface area (TPSA) is 83.6 Å². The first-order valence-electron chi connectivity index (χ1n) is 8.54. The maximum absolute atomic E-state index is 12.6. The number of aryl methyl sites for hydroxylation is 1. The third-order valence-corrected chi connectivity index (χ3v) is 6.11. The van der Waals surface area contributed by atoms with Gasteiger partial charge in [0.25, 0.3) is 0 Å². The fourth-order valence-corrected chi connectivity index (χ4v) is 3.68. The van der Waals surface area contributed by atoms with Gasteiger partial charge in [0.2, 0.25) is 15.9 Å². The number of hydrogen-bond donors (Lipinski definition) is 1. The molecule has 2 rings (SSSR count). The van der Waals surface area contributed by atoms with E-state index in [1.807, 2.05) is 38.1 Å². The van der Waals surface area contributed by atoms with E-state index in [-0.39, 0.29) is 23.3 Å². The van der Waals surface area contributed by atoms with Gasteiger partial charge in [-0.3, -0.25) is 9.59 Å². The molecule has 0 bridgehead atoms. The van der Waals surface area contributed by atoms with Gasteiger partial charge in [0.1, 0.15) is 0 Å². The van der Waals surface area contributed by atoms with Gasteiger partial charge in [0.05, 0.1) is 17.5 Å². The molecule has 2 aromatic rings. The van der Waals surface area contributed by atoms with Crippen LogP contribution in [-0.4, -0.2) is 38.0 Å². The van der Waals surface area contributed by atoms with Crippen LogP contribution in [0.1, 0.15) is 41.4 Å². The molecular formula is C20H24N2O4S. The Bertz CT molecular complexity index is 919. The van der Waals surface area contributed by atoms with Gasteiger partial charge in [-0.05, 0) is 38.5 Å². The summed E-state index contributed by atoms with van der Waals surface area (Å²) in [7, 11) is -2.47. The summed E-state index contributed by atoms with van der Waals surface area (Å²) in [6, 6.07) is 13.2. The molecule has 6 nitrogen and oxygen atoms in total. The van der Waals surface area contributed by atoms with Crippen LogP contribution in [0.2, 0.25) is 0 Å². The predicted molar refractivity (Wildman–Crippen MR) is 104 cm³/mol. The van der Waals surface area contributed by atoms with Gasteiger partial charge in [-0.2, -0.15) is 4.31 Å². The van der Waals surface area contributed by atoms with Crippen LogP contribution in [0.25, 0.3) is 0 Å². The van der Waals surface area contributed by atoms with Crippen molar-refractivity contribution < 1.29 is 18.0 Å². The number of benzene rings is 2. The maximum atomic E-state index is 12.6. The molecule has 0 saturated carbocycles. The van der Waals surface area contributed by atoms with Crippen LogP contribution in [0.5, 0.6) is 0 Å². The summed E-state index contributed by atoms with van der Waals surface area (Å²) in [5.41, 5.74) is 2.50. The number of carbonyl (C=O) groups is 2. The molecule has 144 valence electrons. The van der Waals surface area contributed by atoms with Crippen LogP contribution in [0.3, 0.4) is 0 Å². The molecule has 27 heavy (non-hydrogen) atoms. The van der Waals surface area contributed by atoms with Crippen molar-refractivity contribution in [3.8, 4) is 0 Å². The van der Waals surface area contributed by atoms with E-state index in [4.69, 9.17) is 0 Å². The quantitative estimate of drug-likeness (QED) is 0.739. The minimum Gasteiger partial charge on any atom is -0.348 e. The van der Waals surface area contributed by atoms with Gasteiger partial charge in [-0.1, -0.05) is 42.0 Å². The van der Waals surface area contributed by atoms with Crippen molar-refractivity contribution in [2.45, 2.75) is 31.7 Å². The smallest absolute Gasteiger partial charge is 0.243 e. The Balaban J connectivity index is 2.03. The zero-order valence-corrected chi connectivity index (χ0v) is 16.7. The summed E-state index contributed by atoms with van der Waals surface area (Å²) in [6.45, 7) is 4.94. The van der Waals surface area contributed by atoms with Crippen molar-refractivity contribution in [3.63, 3.8) is 0 Å². The first-order valence-corrected chi connectivity index (χ1v) is 9.98. The zero-order valence-electron chi connectivity index (χ0n) is 15.9. The molecule has 1 atom stereocenters. The Morgan fingerprint density at radius 3 is 2.11 bits per heavy atom. The van der Waals surface area contributed by atoms with E-state index in [2.05, 4.69) is 5.32 Å². The van der Waals surface area contributed by atoms with Crippen molar-refractivity contribution in [1.82, 2.24) is 9.62 Å². The third kappa shape index (κ3) is 5.24. The fraction of sp³-hybridized carbons (Fsp3) is 0.300. The van der Waals surface area contributed by atoms with Crippen molar-refractivity contribution >= 4 is 21.7 Å². The Hall–Kier alpha value is -2.51. The summed E-state index contributed by atoms with van der Waals surface area (Å²) in [4.78, 5) is 23.6. The Morgan fingerprint density at radius 2 is 1.59 bits per heavy atom. The minimum atomic E-state index is -3.82. The predicted octanol–water partition coefficient (Wildman–Crippen LogP) is 2.70. The second-order valence-corrected chi connectivity index (χ2v) is 8.59. The molecule has 0 aliphatic heterocycles. The van der Waals surface area contributed by atoms with Gasteiger partial charge in [0, 0.05) is 12.6 Å². The first kappa shape index (κ1) is 20.8. The van der Waals surface area contributed by atoms with E-state index in [9.17, 15) is 18.0 Å². The second-order valence-electron chi connectivity index (χ2n) is 6.54. The summed E-state index contributed by atoms with van der Waals surface area (Å²) in [5.74, 6) is -0.536. The Labute approximate surface area is 160 Å². The molecule has 1 amide bonds. The SMILES string of the molecule is CC(=O)c1ccc(S(=O)(=O)N(C)CC(=O)NC(C)c2ccc(C)cc2)cc1. The molecule has 0 fully saturated rings. The van der Waals surface area contributed by atoms with Gasteiger partial charge >= 0.3 is 0 Å². The van der Waals surface area contributed by atoms with Gasteiger partial charge in [0.15, 0.2) is 5.78 Å². The largest absolute Gasteiger partial charge is 0.348 e. The molecule has 2 aromatic carbocycles. The molecular weight excluding hydrogens is 364 g/mol. The number of hydrogen-bond acceptors (Lipinski definition) is 4. The summed E-state index contributed by atoms with van der Waals surface area (Å²) < 4.78 is 26.2. The maximum Gasteiger partial charge on any atom is 0.243 e. The van der Waals surface area contributed by atoms with Crippen LogP contribution in [0.4, 0.5) is 0 Å². The van der Waals surface area contributed by atoms with Crippen molar-refractivity contribution in [2.24, 2.45) is 0 Å². The number of likely N-dealkylation sites (N-methyl/N-ethyl adjacent to an activating group) is 1. The molecule has 0 aromatic heterocycles. The first-order chi connectivity index (χ1) is 12.6. The Kier molecular flexibility index (Phi) is 6.51. The number of sulfonamides is 1. The lowest BCUT2D eigenvalue weighted by molar-refractivity contribution is -0.121. The highest BCUT2D eigenvalue weighted by molar-refractivity contribution is 7.89. The molecule has 1 unspecified atom stereocenters. The molecule has 0 radical (unpaired) electrons. The highest BCUT2D eigenvalue weighted by Gasteiger charge is 2.23. The average Bonchev–Trinajstić information content (AvgIpc) is 2.62. The lowest BCUT2D eigenvalue weighted by Gasteiger charge is -2.19. The van der Waals surface area contributed by atoms with Crippen molar-refractivity contribution in [1.29, 1.82) is 0 Å². The molecule has 0 aliphatic carbocycles. The van der Waals surface area contributed by atoms with Gasteiger partial charge in [-0.25, -0.2) is 8.42 Å². The Morgan fingerprint density at radius 1 is 1.04 bits per heavy atom. The summed E-state index contributed by atoms with van der Waals surface area (Å²) in [5, 5.41) is 2.80. The van der Waals surface area contributed by atoms with E-state index in [1.165, 1.54) is 38.2 Å². The van der Waals surface area contributed by atoms with E-state index >= 15 is 0 Å². The average molecular weight is 388 g/mol. The standard InChI is InChI=1S/C20H24N2O4S/c1-14-5-7-17(8-6-14)15(2)21-20(24)13-22(4)27(25,26)19-11-9-18(10-12-19)16(3)23/h5-12,15H,13H2,1-4H3,(H,21,24). The summed E-state index contributed by atoms with van der Waals surface area (Å²) >= 11 is 0. The second kappa shape index (κ2) is 8.45. The molecule has 7 heteroatoms. The van der Waals surface area contributed by atoms with E-state index in [0.717, 1.165) is 15.4 Å². The van der Waals surface area contributed by atoms with E-state index in [0.29, 0.717) is 5.56 Å². The monoisotopic (exact) mass is 388 g/mol. The number of nitrogens with one attached hydrogen (secondary N) is 1. The van der Waals surface area contributed by atoms with Crippen molar-refractivity contribution in [2.75, 3.05) is 13.6 Å². The van der Waals surface area contributed by atoms with Crippen LogP contribution in [0, 0.1) is 6.92 Å². The molecule has 0 spiro atoms. The van der Waals surface area contributed by atoms with Crippen LogP contribution >= 0.6 is 0 Å². The zero-order chi connectivity index (χ0) is 20.2. The third-order valence-electron chi connectivity index (χ3n) is 4.29. The molecule has 0 heterocycles. The van der Waals surface area contributed by atoms with Gasteiger partial charge in [-0.15, -0.1) is 0 Å². The summed E-state index contributed by atoms with van der Waals surface area (Å²) in [6.07, 6.45) is 0. The van der Waals surface area contributed by atoms with Gasteiger partial charge < -0.3 is 5.32 Å². The lowest BCUT2D eigenvalue weighted by atomic mass is 10.1. The highest BCUT2D eigenvalue weighted by atomic mass is 32.2. The lowest BCUT2D eigenvalue weighted by Crippen LogP contribution is -2.39. The van der Waals surface area contributed by atoms with Crippen LogP contribution in [0.15, 0.2) is 53.4 Å². The number of carbonyl (C=O) groups excluding carboxylic acids is 2. The number of ketones is 1. The number of rotatable bonds is 7. The minimum absolute atomic E-state index is 0.0365. The number of amides is 1. The highest BCUT2D eigenvalue weighted by Crippen LogP contribution is 2.16. The number of Topliss-reactive ketones (excluding diaryl/α,β-unsaturated/α-hetero) is 1. The van der Waals surface area contributed by atoms with Crippen LogP contribution in [-0.2, 0) is 14.8 Å². The van der Waals surface area contributed by atoms with Crippen LogP contribution < -0.4 is 5.32 Å². The van der Waals surface area contributed by atoms with E-state index in [1.54, 1.807) is 0 Å². The number of nitrogens with zero attached hydrogens (tertiary/aromatic N) is 1. The normalized spacial score (nSPS) is 12.6. The fourth-order valence-electron chi connectivity index (χ4n) is 2.55. The molecule has 1 N–H and O–H groups in total. The molecule has 0 saturated heterocycles. The molecule has 0 aliphatic rings.